The minimum atomic E-state index is -0.380. The number of hydrogen-bond donors (Lipinski definition) is 1. The van der Waals surface area contributed by atoms with E-state index in [1.165, 1.54) is 0 Å². The SMILES string of the molecule is COc1ccc(C)cc1Nc1cc(N2CCC3(CC2)OCCO3)nc(C)n1. The summed E-state index contributed by atoms with van der Waals surface area (Å²) in [6.07, 6.45) is 1.70. The summed E-state index contributed by atoms with van der Waals surface area (Å²) in [5, 5.41) is 3.38. The van der Waals surface area contributed by atoms with Crippen molar-refractivity contribution in [2.24, 2.45) is 0 Å². The number of ether oxygens (including phenoxy) is 3. The largest absolute Gasteiger partial charge is 0.495 e. The third-order valence-corrected chi connectivity index (χ3v) is 5.10. The van der Waals surface area contributed by atoms with Crippen LogP contribution in [-0.2, 0) is 9.47 Å². The second-order valence-corrected chi connectivity index (χ2v) is 7.08. The van der Waals surface area contributed by atoms with Crippen LogP contribution >= 0.6 is 0 Å². The molecule has 4 rings (SSSR count). The van der Waals surface area contributed by atoms with Crippen molar-refractivity contribution in [2.75, 3.05) is 43.6 Å². The monoisotopic (exact) mass is 370 g/mol. The minimum absolute atomic E-state index is 0.380. The molecule has 3 heterocycles. The maximum atomic E-state index is 5.82. The molecule has 0 unspecified atom stereocenters. The number of nitrogens with one attached hydrogen (secondary N) is 1. The predicted octanol–water partition coefficient (Wildman–Crippen LogP) is 3.19. The van der Waals surface area contributed by atoms with Crippen LogP contribution in [0.15, 0.2) is 24.3 Å². The van der Waals surface area contributed by atoms with Crippen LogP contribution in [0.5, 0.6) is 5.75 Å². The Balaban J connectivity index is 1.53. The summed E-state index contributed by atoms with van der Waals surface area (Å²) >= 11 is 0. The van der Waals surface area contributed by atoms with Gasteiger partial charge in [0.15, 0.2) is 5.79 Å². The maximum absolute atomic E-state index is 5.82. The zero-order chi connectivity index (χ0) is 18.9. The van der Waals surface area contributed by atoms with Crippen molar-refractivity contribution in [1.29, 1.82) is 0 Å². The van der Waals surface area contributed by atoms with Gasteiger partial charge >= 0.3 is 0 Å². The Labute approximate surface area is 159 Å². The molecular weight excluding hydrogens is 344 g/mol. The molecule has 2 aliphatic heterocycles. The van der Waals surface area contributed by atoms with Crippen molar-refractivity contribution < 1.29 is 14.2 Å². The van der Waals surface area contributed by atoms with E-state index in [0.29, 0.717) is 13.2 Å². The Morgan fingerprint density at radius 3 is 2.52 bits per heavy atom. The van der Waals surface area contributed by atoms with Crippen LogP contribution in [0.2, 0.25) is 0 Å². The molecule has 0 saturated carbocycles. The molecule has 1 spiro atoms. The first kappa shape index (κ1) is 18.0. The van der Waals surface area contributed by atoms with Gasteiger partial charge in [-0.05, 0) is 31.5 Å². The Morgan fingerprint density at radius 1 is 1.07 bits per heavy atom. The van der Waals surface area contributed by atoms with E-state index in [9.17, 15) is 0 Å². The van der Waals surface area contributed by atoms with Crippen molar-refractivity contribution >= 4 is 17.3 Å². The lowest BCUT2D eigenvalue weighted by atomic mass is 10.0. The molecule has 2 fully saturated rings. The predicted molar refractivity (Wildman–Crippen MR) is 104 cm³/mol. The number of anilines is 3. The third-order valence-electron chi connectivity index (χ3n) is 5.10. The van der Waals surface area contributed by atoms with Crippen LogP contribution in [0.25, 0.3) is 0 Å². The highest BCUT2D eigenvalue weighted by atomic mass is 16.7. The molecule has 1 aromatic heterocycles. The molecule has 144 valence electrons. The van der Waals surface area contributed by atoms with Crippen LogP contribution in [0.4, 0.5) is 17.3 Å². The molecule has 0 atom stereocenters. The van der Waals surface area contributed by atoms with Crippen molar-refractivity contribution in [3.8, 4) is 5.75 Å². The first-order valence-corrected chi connectivity index (χ1v) is 9.37. The Bertz CT molecular complexity index is 811. The lowest BCUT2D eigenvalue weighted by molar-refractivity contribution is -0.169. The van der Waals surface area contributed by atoms with Crippen LogP contribution in [0.3, 0.4) is 0 Å². The maximum Gasteiger partial charge on any atom is 0.171 e. The molecule has 0 amide bonds. The molecule has 2 aromatic rings. The van der Waals surface area contributed by atoms with Gasteiger partial charge in [0.2, 0.25) is 0 Å². The van der Waals surface area contributed by atoms with E-state index in [4.69, 9.17) is 14.2 Å². The fourth-order valence-electron chi connectivity index (χ4n) is 3.70. The fourth-order valence-corrected chi connectivity index (χ4v) is 3.70. The Kier molecular flexibility index (Phi) is 4.88. The number of nitrogens with zero attached hydrogens (tertiary/aromatic N) is 3. The summed E-state index contributed by atoms with van der Waals surface area (Å²) in [6.45, 7) is 7.06. The lowest BCUT2D eigenvalue weighted by Crippen LogP contribution is -2.45. The van der Waals surface area contributed by atoms with Gasteiger partial charge in [0.1, 0.15) is 23.2 Å². The summed E-state index contributed by atoms with van der Waals surface area (Å²) in [6, 6.07) is 8.02. The van der Waals surface area contributed by atoms with E-state index in [2.05, 4.69) is 33.2 Å². The summed E-state index contributed by atoms with van der Waals surface area (Å²) in [5.41, 5.74) is 2.05. The van der Waals surface area contributed by atoms with Crippen molar-refractivity contribution in [3.63, 3.8) is 0 Å². The number of aromatic nitrogens is 2. The van der Waals surface area contributed by atoms with Gasteiger partial charge in [-0.1, -0.05) is 6.07 Å². The van der Waals surface area contributed by atoms with Crippen LogP contribution < -0.4 is 15.0 Å². The minimum Gasteiger partial charge on any atom is -0.495 e. The van der Waals surface area contributed by atoms with Gasteiger partial charge in [0.25, 0.3) is 0 Å². The molecule has 0 aliphatic carbocycles. The van der Waals surface area contributed by atoms with Gasteiger partial charge in [-0.2, -0.15) is 0 Å². The Hall–Kier alpha value is -2.38. The number of hydrogen-bond acceptors (Lipinski definition) is 7. The van der Waals surface area contributed by atoms with Gasteiger partial charge in [-0.3, -0.25) is 0 Å². The average Bonchev–Trinajstić information content (AvgIpc) is 3.10. The highest BCUT2D eigenvalue weighted by Crippen LogP contribution is 2.34. The quantitative estimate of drug-likeness (QED) is 0.886. The molecule has 7 heteroatoms. The topological polar surface area (TPSA) is 68.7 Å². The van der Waals surface area contributed by atoms with Crippen molar-refractivity contribution in [2.45, 2.75) is 32.5 Å². The highest BCUT2D eigenvalue weighted by molar-refractivity contribution is 5.66. The number of aryl methyl sites for hydroxylation is 2. The first-order chi connectivity index (χ1) is 13.1. The van der Waals surface area contributed by atoms with E-state index >= 15 is 0 Å². The van der Waals surface area contributed by atoms with Gasteiger partial charge < -0.3 is 24.4 Å². The van der Waals surface area contributed by atoms with Crippen LogP contribution in [-0.4, -0.2) is 49.2 Å². The molecular formula is C20H26N4O3. The first-order valence-electron chi connectivity index (χ1n) is 9.37. The second-order valence-electron chi connectivity index (χ2n) is 7.08. The molecule has 2 saturated heterocycles. The number of piperidine rings is 1. The second kappa shape index (κ2) is 7.32. The van der Waals surface area contributed by atoms with Gasteiger partial charge in [0, 0.05) is 32.0 Å². The van der Waals surface area contributed by atoms with Gasteiger partial charge in [0.05, 0.1) is 26.0 Å². The van der Waals surface area contributed by atoms with Crippen LogP contribution in [0.1, 0.15) is 24.2 Å². The van der Waals surface area contributed by atoms with Gasteiger partial charge in [-0.25, -0.2) is 9.97 Å². The molecule has 7 nitrogen and oxygen atoms in total. The molecule has 0 radical (unpaired) electrons. The summed E-state index contributed by atoms with van der Waals surface area (Å²) in [7, 11) is 1.67. The summed E-state index contributed by atoms with van der Waals surface area (Å²) in [4.78, 5) is 11.4. The smallest absolute Gasteiger partial charge is 0.171 e. The van der Waals surface area contributed by atoms with E-state index in [1.807, 2.05) is 25.1 Å². The molecule has 27 heavy (non-hydrogen) atoms. The van der Waals surface area contributed by atoms with Crippen molar-refractivity contribution in [1.82, 2.24) is 9.97 Å². The molecule has 0 bridgehead atoms. The zero-order valence-electron chi connectivity index (χ0n) is 16.1. The normalized spacial score (nSPS) is 18.7. The molecule has 2 aliphatic rings. The molecule has 1 N–H and O–H groups in total. The number of rotatable bonds is 4. The fraction of sp³-hybridized carbons (Fsp3) is 0.500. The standard InChI is InChI=1S/C20H26N4O3/c1-14-4-5-17(25-3)16(12-14)23-18-13-19(22-15(2)21-18)24-8-6-20(7-9-24)26-10-11-27-20/h4-5,12-13H,6-11H2,1-3H3,(H,21,22,23). The lowest BCUT2D eigenvalue weighted by Gasteiger charge is -2.38. The van der Waals surface area contributed by atoms with E-state index in [0.717, 1.165) is 60.4 Å². The van der Waals surface area contributed by atoms with E-state index < -0.39 is 0 Å². The van der Waals surface area contributed by atoms with Crippen molar-refractivity contribution in [3.05, 3.63) is 35.7 Å². The zero-order valence-corrected chi connectivity index (χ0v) is 16.1. The molecule has 1 aromatic carbocycles. The van der Waals surface area contributed by atoms with Crippen LogP contribution in [0, 0.1) is 13.8 Å². The average molecular weight is 370 g/mol. The highest BCUT2D eigenvalue weighted by Gasteiger charge is 2.40. The van der Waals surface area contributed by atoms with E-state index in [1.54, 1.807) is 7.11 Å². The Morgan fingerprint density at radius 2 is 1.81 bits per heavy atom. The number of benzene rings is 1. The summed E-state index contributed by atoms with van der Waals surface area (Å²) in [5.74, 6) is 2.82. The van der Waals surface area contributed by atoms with E-state index in [-0.39, 0.29) is 5.79 Å². The third kappa shape index (κ3) is 3.84. The summed E-state index contributed by atoms with van der Waals surface area (Å²) < 4.78 is 17.1. The van der Waals surface area contributed by atoms with Gasteiger partial charge in [-0.15, -0.1) is 0 Å². The number of methoxy groups -OCH3 is 1.